The van der Waals surface area contributed by atoms with Gasteiger partial charge in [0.05, 0.1) is 6.10 Å². The van der Waals surface area contributed by atoms with Crippen LogP contribution in [0.3, 0.4) is 0 Å². The van der Waals surface area contributed by atoms with Crippen LogP contribution >= 0.6 is 0 Å². The molecule has 2 nitrogen and oxygen atoms in total. The number of hydrogen-bond donors (Lipinski definition) is 1. The van der Waals surface area contributed by atoms with Gasteiger partial charge in [-0.1, -0.05) is 18.2 Å². The van der Waals surface area contributed by atoms with Crippen molar-refractivity contribution in [2.75, 3.05) is 6.54 Å². The molecule has 1 rings (SSSR count). The van der Waals surface area contributed by atoms with Gasteiger partial charge < -0.3 is 10.5 Å². The summed E-state index contributed by atoms with van der Waals surface area (Å²) in [7, 11) is 0. The molecular weight excluding hydrogens is 198 g/mol. The van der Waals surface area contributed by atoms with E-state index in [9.17, 15) is 0 Å². The molecule has 88 valence electrons. The molecule has 2 N–H and O–H groups in total. The van der Waals surface area contributed by atoms with Crippen LogP contribution < -0.4 is 10.5 Å². The molecule has 0 saturated carbocycles. The second kappa shape index (κ2) is 6.33. The lowest BCUT2D eigenvalue weighted by molar-refractivity contribution is 0.242. The summed E-state index contributed by atoms with van der Waals surface area (Å²) < 4.78 is 5.59. The van der Waals surface area contributed by atoms with Crippen molar-refractivity contribution >= 4 is 5.57 Å². The Bertz CT molecular complexity index is 338. The van der Waals surface area contributed by atoms with Gasteiger partial charge in [0, 0.05) is 0 Å². The lowest BCUT2D eigenvalue weighted by atomic mass is 10.1. The number of hydrogen-bond acceptors (Lipinski definition) is 2. The molecular formula is C14H21NO. The first-order chi connectivity index (χ1) is 7.63. The van der Waals surface area contributed by atoms with Crippen LogP contribution in [0, 0.1) is 0 Å². The maximum atomic E-state index is 5.59. The summed E-state index contributed by atoms with van der Waals surface area (Å²) in [5, 5.41) is 0. The molecule has 0 spiro atoms. The van der Waals surface area contributed by atoms with Crippen LogP contribution in [0.25, 0.3) is 5.57 Å². The van der Waals surface area contributed by atoms with Crippen molar-refractivity contribution < 1.29 is 4.74 Å². The lowest BCUT2D eigenvalue weighted by Crippen LogP contribution is -2.05. The second-order valence-electron chi connectivity index (χ2n) is 4.16. The van der Waals surface area contributed by atoms with Crippen LogP contribution in [0.1, 0.15) is 32.8 Å². The van der Waals surface area contributed by atoms with E-state index >= 15 is 0 Å². The molecule has 0 aliphatic carbocycles. The Labute approximate surface area is 98.1 Å². The van der Waals surface area contributed by atoms with Crippen LogP contribution in [0.2, 0.25) is 0 Å². The molecule has 2 heteroatoms. The highest BCUT2D eigenvalue weighted by Gasteiger charge is 1.99. The van der Waals surface area contributed by atoms with E-state index in [1.54, 1.807) is 0 Å². The van der Waals surface area contributed by atoms with Gasteiger partial charge in [-0.25, -0.2) is 0 Å². The Hall–Kier alpha value is -1.28. The SMILES string of the molecule is C/C(=C\CCN)c1ccc(OC(C)C)cc1. The third-order valence-electron chi connectivity index (χ3n) is 2.30. The zero-order chi connectivity index (χ0) is 12.0. The van der Waals surface area contributed by atoms with E-state index in [-0.39, 0.29) is 6.10 Å². The van der Waals surface area contributed by atoms with E-state index in [1.807, 2.05) is 26.0 Å². The second-order valence-corrected chi connectivity index (χ2v) is 4.16. The first-order valence-electron chi connectivity index (χ1n) is 5.77. The molecule has 0 atom stereocenters. The van der Waals surface area contributed by atoms with Crippen LogP contribution in [-0.4, -0.2) is 12.6 Å². The number of benzene rings is 1. The minimum atomic E-state index is 0.222. The molecule has 0 bridgehead atoms. The zero-order valence-electron chi connectivity index (χ0n) is 10.4. The van der Waals surface area contributed by atoms with Crippen molar-refractivity contribution in [3.05, 3.63) is 35.9 Å². The summed E-state index contributed by atoms with van der Waals surface area (Å²) >= 11 is 0. The summed E-state index contributed by atoms with van der Waals surface area (Å²) in [4.78, 5) is 0. The molecule has 0 aromatic heterocycles. The standard InChI is InChI=1S/C14H21NO/c1-11(2)16-14-8-6-13(7-9-14)12(3)5-4-10-15/h5-9,11H,4,10,15H2,1-3H3/b12-5+. The monoisotopic (exact) mass is 219 g/mol. The van der Waals surface area contributed by atoms with Crippen LogP contribution in [0.5, 0.6) is 5.75 Å². The molecule has 0 aliphatic heterocycles. The van der Waals surface area contributed by atoms with Crippen molar-refractivity contribution in [3.63, 3.8) is 0 Å². The predicted octanol–water partition coefficient (Wildman–Crippen LogP) is 3.23. The Morgan fingerprint density at radius 2 is 1.94 bits per heavy atom. The fourth-order valence-electron chi connectivity index (χ4n) is 1.49. The molecule has 1 aromatic carbocycles. The Morgan fingerprint density at radius 3 is 2.44 bits per heavy atom. The molecule has 0 heterocycles. The molecule has 1 aromatic rings. The van der Waals surface area contributed by atoms with E-state index in [0.717, 1.165) is 12.2 Å². The van der Waals surface area contributed by atoms with E-state index < -0.39 is 0 Å². The minimum absolute atomic E-state index is 0.222. The molecule has 0 fully saturated rings. The van der Waals surface area contributed by atoms with Gasteiger partial charge in [-0.2, -0.15) is 0 Å². The fraction of sp³-hybridized carbons (Fsp3) is 0.429. The van der Waals surface area contributed by atoms with E-state index in [4.69, 9.17) is 10.5 Å². The predicted molar refractivity (Wildman–Crippen MR) is 69.5 cm³/mol. The molecule has 16 heavy (non-hydrogen) atoms. The van der Waals surface area contributed by atoms with Crippen LogP contribution in [-0.2, 0) is 0 Å². The van der Waals surface area contributed by atoms with E-state index in [1.165, 1.54) is 11.1 Å². The van der Waals surface area contributed by atoms with Gasteiger partial charge in [0.1, 0.15) is 5.75 Å². The average molecular weight is 219 g/mol. The maximum absolute atomic E-state index is 5.59. The molecule has 0 unspecified atom stereocenters. The van der Waals surface area contributed by atoms with Crippen molar-refractivity contribution in [3.8, 4) is 5.75 Å². The average Bonchev–Trinajstić information content (AvgIpc) is 2.26. The summed E-state index contributed by atoms with van der Waals surface area (Å²) in [5.74, 6) is 0.922. The largest absolute Gasteiger partial charge is 0.491 e. The van der Waals surface area contributed by atoms with Crippen molar-refractivity contribution in [1.82, 2.24) is 0 Å². The smallest absolute Gasteiger partial charge is 0.119 e. The topological polar surface area (TPSA) is 35.2 Å². The van der Waals surface area contributed by atoms with Crippen molar-refractivity contribution in [1.29, 1.82) is 0 Å². The summed E-state index contributed by atoms with van der Waals surface area (Å²) in [6, 6.07) is 8.18. The highest BCUT2D eigenvalue weighted by Crippen LogP contribution is 2.19. The fourth-order valence-corrected chi connectivity index (χ4v) is 1.49. The minimum Gasteiger partial charge on any atom is -0.491 e. The third kappa shape index (κ3) is 4.07. The molecule has 0 saturated heterocycles. The van der Waals surface area contributed by atoms with Gasteiger partial charge in [-0.3, -0.25) is 0 Å². The van der Waals surface area contributed by atoms with Gasteiger partial charge in [0.2, 0.25) is 0 Å². The summed E-state index contributed by atoms with van der Waals surface area (Å²) in [6.07, 6.45) is 3.31. The lowest BCUT2D eigenvalue weighted by Gasteiger charge is -2.10. The summed E-state index contributed by atoms with van der Waals surface area (Å²) in [5.41, 5.74) is 7.96. The normalized spacial score (nSPS) is 11.9. The molecule has 0 radical (unpaired) electrons. The first kappa shape index (κ1) is 12.8. The number of allylic oxidation sites excluding steroid dienone is 1. The van der Waals surface area contributed by atoms with Gasteiger partial charge >= 0.3 is 0 Å². The molecule has 0 aliphatic rings. The number of rotatable bonds is 5. The van der Waals surface area contributed by atoms with Crippen LogP contribution in [0.15, 0.2) is 30.3 Å². The Morgan fingerprint density at radius 1 is 1.31 bits per heavy atom. The van der Waals surface area contributed by atoms with Gasteiger partial charge in [0.15, 0.2) is 0 Å². The van der Waals surface area contributed by atoms with Gasteiger partial charge in [0.25, 0.3) is 0 Å². The Kier molecular flexibility index (Phi) is 5.06. The van der Waals surface area contributed by atoms with E-state index in [2.05, 4.69) is 25.1 Å². The van der Waals surface area contributed by atoms with Crippen molar-refractivity contribution in [2.45, 2.75) is 33.3 Å². The quantitative estimate of drug-likeness (QED) is 0.825. The van der Waals surface area contributed by atoms with E-state index in [0.29, 0.717) is 6.54 Å². The number of nitrogens with two attached hydrogens (primary N) is 1. The Balaban J connectivity index is 2.70. The highest BCUT2D eigenvalue weighted by molar-refractivity contribution is 5.64. The van der Waals surface area contributed by atoms with Gasteiger partial charge in [-0.15, -0.1) is 0 Å². The highest BCUT2D eigenvalue weighted by atomic mass is 16.5. The van der Waals surface area contributed by atoms with Gasteiger partial charge in [-0.05, 0) is 57.0 Å². The first-order valence-corrected chi connectivity index (χ1v) is 5.77. The molecule has 0 amide bonds. The maximum Gasteiger partial charge on any atom is 0.119 e. The van der Waals surface area contributed by atoms with Crippen molar-refractivity contribution in [2.24, 2.45) is 5.73 Å². The number of ether oxygens (including phenoxy) is 1. The summed E-state index contributed by atoms with van der Waals surface area (Å²) in [6.45, 7) is 6.86. The zero-order valence-corrected chi connectivity index (χ0v) is 10.4. The van der Waals surface area contributed by atoms with Crippen LogP contribution in [0.4, 0.5) is 0 Å². The third-order valence-corrected chi connectivity index (χ3v) is 2.30.